The van der Waals surface area contributed by atoms with Crippen molar-refractivity contribution in [3.05, 3.63) is 16.4 Å². The van der Waals surface area contributed by atoms with Gasteiger partial charge in [-0.1, -0.05) is 12.8 Å². The summed E-state index contributed by atoms with van der Waals surface area (Å²) in [6, 6.07) is 0.0539. The molecule has 0 radical (unpaired) electrons. The first kappa shape index (κ1) is 12.8. The van der Waals surface area contributed by atoms with Crippen LogP contribution in [0.4, 0.5) is 0 Å². The van der Waals surface area contributed by atoms with Crippen molar-refractivity contribution >= 4 is 21.8 Å². The third-order valence-corrected chi connectivity index (χ3v) is 5.91. The van der Waals surface area contributed by atoms with Gasteiger partial charge in [0.05, 0.1) is 35.5 Å². The van der Waals surface area contributed by atoms with E-state index in [0.29, 0.717) is 6.54 Å². The van der Waals surface area contributed by atoms with Crippen LogP contribution in [0.5, 0.6) is 0 Å². The van der Waals surface area contributed by atoms with Gasteiger partial charge in [0.25, 0.3) is 0 Å². The molecule has 6 heteroatoms. The molecule has 108 valence electrons. The number of hydrogen-bond donors (Lipinski definition) is 1. The number of carbonyl (C=O) groups excluding carboxylic acids is 1. The van der Waals surface area contributed by atoms with Crippen LogP contribution in [0.15, 0.2) is 10.7 Å². The highest BCUT2D eigenvalue weighted by molar-refractivity contribution is 9.10. The summed E-state index contributed by atoms with van der Waals surface area (Å²) >= 11 is 3.52. The lowest BCUT2D eigenvalue weighted by molar-refractivity contribution is -0.143. The molecule has 4 rings (SSSR count). The largest absolute Gasteiger partial charge is 0.334 e. The predicted octanol–water partition coefficient (Wildman–Crippen LogP) is 1.52. The maximum atomic E-state index is 12.8. The standard InChI is InChI=1S/C14H19BrN4O/c15-10-7-17-19-6-5-18(8-11(10)19)13(20)12-14(9-16-12)3-1-2-4-14/h7,12,16H,1-6,8-9H2. The summed E-state index contributed by atoms with van der Waals surface area (Å²) in [5, 5.41) is 7.70. The molecule has 1 unspecified atom stereocenters. The molecule has 0 aromatic carbocycles. The van der Waals surface area contributed by atoms with Gasteiger partial charge in [0.1, 0.15) is 0 Å². The van der Waals surface area contributed by atoms with Crippen molar-refractivity contribution < 1.29 is 4.79 Å². The van der Waals surface area contributed by atoms with Crippen LogP contribution in [-0.2, 0) is 17.9 Å². The van der Waals surface area contributed by atoms with Gasteiger partial charge in [-0.2, -0.15) is 5.10 Å². The maximum absolute atomic E-state index is 12.8. The second-order valence-corrected chi connectivity index (χ2v) is 7.16. The van der Waals surface area contributed by atoms with Gasteiger partial charge in [0, 0.05) is 18.5 Å². The lowest BCUT2D eigenvalue weighted by Crippen LogP contribution is -2.67. The number of hydrogen-bond acceptors (Lipinski definition) is 3. The molecule has 20 heavy (non-hydrogen) atoms. The normalized spacial score (nSPS) is 27.4. The summed E-state index contributed by atoms with van der Waals surface area (Å²) in [6.45, 7) is 3.27. The minimum atomic E-state index is 0.0539. The van der Waals surface area contributed by atoms with Crippen LogP contribution in [0.25, 0.3) is 0 Å². The molecule has 1 aromatic rings. The van der Waals surface area contributed by atoms with Crippen LogP contribution in [0.3, 0.4) is 0 Å². The highest BCUT2D eigenvalue weighted by atomic mass is 79.9. The Morgan fingerprint density at radius 2 is 2.20 bits per heavy atom. The molecule has 2 fully saturated rings. The smallest absolute Gasteiger partial charge is 0.240 e. The van der Waals surface area contributed by atoms with Crippen molar-refractivity contribution in [2.75, 3.05) is 13.1 Å². The van der Waals surface area contributed by atoms with E-state index < -0.39 is 0 Å². The van der Waals surface area contributed by atoms with Crippen LogP contribution < -0.4 is 5.32 Å². The average molecular weight is 339 g/mol. The summed E-state index contributed by atoms with van der Waals surface area (Å²) in [6.07, 6.45) is 6.81. The first-order valence-electron chi connectivity index (χ1n) is 7.42. The Morgan fingerprint density at radius 3 is 2.90 bits per heavy atom. The van der Waals surface area contributed by atoms with Crippen LogP contribution in [0, 0.1) is 5.41 Å². The molecular formula is C14H19BrN4O. The van der Waals surface area contributed by atoms with Gasteiger partial charge in [-0.15, -0.1) is 0 Å². The van der Waals surface area contributed by atoms with Gasteiger partial charge >= 0.3 is 0 Å². The highest BCUT2D eigenvalue weighted by Crippen LogP contribution is 2.46. The Hall–Kier alpha value is -0.880. The number of aromatic nitrogens is 2. The van der Waals surface area contributed by atoms with Crippen molar-refractivity contribution in [2.24, 2.45) is 5.41 Å². The molecule has 1 aliphatic carbocycles. The van der Waals surface area contributed by atoms with Gasteiger partial charge in [-0.25, -0.2) is 0 Å². The fourth-order valence-electron chi connectivity index (χ4n) is 3.97. The Labute approximate surface area is 126 Å². The fraction of sp³-hybridized carbons (Fsp3) is 0.714. The van der Waals surface area contributed by atoms with E-state index in [1.165, 1.54) is 25.7 Å². The number of rotatable bonds is 1. The van der Waals surface area contributed by atoms with E-state index >= 15 is 0 Å². The molecule has 1 aromatic heterocycles. The first-order chi connectivity index (χ1) is 9.70. The third-order valence-electron chi connectivity index (χ3n) is 5.25. The number of nitrogens with one attached hydrogen (secondary N) is 1. The van der Waals surface area contributed by atoms with Gasteiger partial charge in [-0.05, 0) is 28.8 Å². The first-order valence-corrected chi connectivity index (χ1v) is 8.21. The lowest BCUT2D eigenvalue weighted by Gasteiger charge is -2.49. The maximum Gasteiger partial charge on any atom is 0.240 e. The number of carbonyl (C=O) groups is 1. The van der Waals surface area contributed by atoms with Crippen LogP contribution in [-0.4, -0.2) is 39.7 Å². The summed E-state index contributed by atoms with van der Waals surface area (Å²) in [5.41, 5.74) is 1.39. The van der Waals surface area contributed by atoms with E-state index in [2.05, 4.69) is 26.3 Å². The third kappa shape index (κ3) is 1.77. The van der Waals surface area contributed by atoms with Crippen molar-refractivity contribution in [3.8, 4) is 0 Å². The average Bonchev–Trinajstić information content (AvgIpc) is 3.06. The van der Waals surface area contributed by atoms with E-state index in [0.717, 1.165) is 29.8 Å². The van der Waals surface area contributed by atoms with E-state index in [-0.39, 0.29) is 17.4 Å². The molecule has 1 N–H and O–H groups in total. The molecular weight excluding hydrogens is 320 g/mol. The topological polar surface area (TPSA) is 50.2 Å². The summed E-state index contributed by atoms with van der Waals surface area (Å²) in [7, 11) is 0. The molecule has 0 bridgehead atoms. The van der Waals surface area contributed by atoms with E-state index in [9.17, 15) is 4.79 Å². The molecule has 3 aliphatic rings. The highest BCUT2D eigenvalue weighted by Gasteiger charge is 2.52. The molecule has 1 saturated heterocycles. The Kier molecular flexibility index (Phi) is 2.93. The van der Waals surface area contributed by atoms with E-state index in [4.69, 9.17) is 0 Å². The quantitative estimate of drug-likeness (QED) is 0.844. The Bertz CT molecular complexity index is 549. The zero-order valence-electron chi connectivity index (χ0n) is 11.4. The number of fused-ring (bicyclic) bond motifs is 1. The zero-order chi connectivity index (χ0) is 13.7. The minimum Gasteiger partial charge on any atom is -0.334 e. The summed E-state index contributed by atoms with van der Waals surface area (Å²) < 4.78 is 3.00. The monoisotopic (exact) mass is 338 g/mol. The Balaban J connectivity index is 1.51. The molecule has 2 aliphatic heterocycles. The van der Waals surface area contributed by atoms with Gasteiger partial charge in [0.15, 0.2) is 0 Å². The van der Waals surface area contributed by atoms with Gasteiger partial charge < -0.3 is 10.2 Å². The van der Waals surface area contributed by atoms with Gasteiger partial charge in [-0.3, -0.25) is 9.48 Å². The number of halogens is 1. The Morgan fingerprint density at radius 1 is 1.40 bits per heavy atom. The summed E-state index contributed by atoms with van der Waals surface area (Å²) in [4.78, 5) is 14.8. The predicted molar refractivity (Wildman–Crippen MR) is 78.0 cm³/mol. The van der Waals surface area contributed by atoms with Crippen molar-refractivity contribution in [2.45, 2.75) is 44.8 Å². The molecule has 5 nitrogen and oxygen atoms in total. The minimum absolute atomic E-state index is 0.0539. The molecule has 1 amide bonds. The zero-order valence-corrected chi connectivity index (χ0v) is 13.0. The molecule has 1 saturated carbocycles. The van der Waals surface area contributed by atoms with Gasteiger partial charge in [0.2, 0.25) is 5.91 Å². The van der Waals surface area contributed by atoms with Crippen molar-refractivity contribution in [1.29, 1.82) is 0 Å². The molecule has 3 heterocycles. The number of amides is 1. The second-order valence-electron chi connectivity index (χ2n) is 6.31. The van der Waals surface area contributed by atoms with Crippen LogP contribution in [0.1, 0.15) is 31.4 Å². The van der Waals surface area contributed by atoms with E-state index in [1.807, 2.05) is 15.8 Å². The SMILES string of the molecule is O=C(C1NCC12CCCC2)N1CCn2ncc(Br)c2C1. The van der Waals surface area contributed by atoms with E-state index in [1.54, 1.807) is 0 Å². The fourth-order valence-corrected chi connectivity index (χ4v) is 4.39. The van der Waals surface area contributed by atoms with Crippen molar-refractivity contribution in [1.82, 2.24) is 20.0 Å². The molecule has 1 atom stereocenters. The van der Waals surface area contributed by atoms with Crippen LogP contribution >= 0.6 is 15.9 Å². The number of nitrogens with zero attached hydrogens (tertiary/aromatic N) is 3. The second kappa shape index (κ2) is 4.56. The molecule has 1 spiro atoms. The van der Waals surface area contributed by atoms with Crippen LogP contribution in [0.2, 0.25) is 0 Å². The summed E-state index contributed by atoms with van der Waals surface area (Å²) in [5.74, 6) is 0.289. The van der Waals surface area contributed by atoms with Crippen molar-refractivity contribution in [3.63, 3.8) is 0 Å². The lowest BCUT2D eigenvalue weighted by atomic mass is 9.71.